The van der Waals surface area contributed by atoms with E-state index in [4.69, 9.17) is 4.42 Å². The highest BCUT2D eigenvalue weighted by atomic mass is 16.3. The Morgan fingerprint density at radius 3 is 2.47 bits per heavy atom. The van der Waals surface area contributed by atoms with Gasteiger partial charge in [0, 0.05) is 17.6 Å². The Balaban J connectivity index is 1.86. The Morgan fingerprint density at radius 1 is 1.29 bits per heavy atom. The first kappa shape index (κ1) is 12.2. The molecule has 4 heteroatoms. The van der Waals surface area contributed by atoms with Crippen molar-refractivity contribution in [3.05, 3.63) is 23.7 Å². The maximum Gasteiger partial charge on any atom is 0.287 e. The highest BCUT2D eigenvalue weighted by molar-refractivity contribution is 5.92. The smallest absolute Gasteiger partial charge is 0.287 e. The van der Waals surface area contributed by atoms with Crippen LogP contribution in [-0.4, -0.2) is 25.0 Å². The van der Waals surface area contributed by atoms with Gasteiger partial charge in [0.1, 0.15) is 0 Å². The number of carbonyl (C=O) groups is 1. The highest BCUT2D eigenvalue weighted by Gasteiger charge is 2.23. The van der Waals surface area contributed by atoms with Gasteiger partial charge in [0.2, 0.25) is 0 Å². The third kappa shape index (κ3) is 2.88. The first-order valence-corrected chi connectivity index (χ1v) is 6.23. The summed E-state index contributed by atoms with van der Waals surface area (Å²) in [5.74, 6) is 0.362. The minimum Gasteiger partial charge on any atom is -0.459 e. The van der Waals surface area contributed by atoms with E-state index in [1.165, 1.54) is 0 Å². The third-order valence-corrected chi connectivity index (χ3v) is 3.54. The van der Waals surface area contributed by atoms with Crippen LogP contribution in [0.2, 0.25) is 0 Å². The van der Waals surface area contributed by atoms with Crippen molar-refractivity contribution < 1.29 is 9.21 Å². The van der Waals surface area contributed by atoms with Gasteiger partial charge in [0.15, 0.2) is 5.76 Å². The molecule has 1 aromatic heterocycles. The zero-order valence-corrected chi connectivity index (χ0v) is 10.5. The molecule has 17 heavy (non-hydrogen) atoms. The summed E-state index contributed by atoms with van der Waals surface area (Å²) in [5.41, 5.74) is 0.895. The molecule has 1 aliphatic rings. The first-order valence-electron chi connectivity index (χ1n) is 6.23. The van der Waals surface area contributed by atoms with E-state index < -0.39 is 0 Å². The summed E-state index contributed by atoms with van der Waals surface area (Å²) in [5, 5.41) is 6.33. The SMILES string of the molecule is CNC1CCC(NC(=O)c2occc2C)CC1. The Morgan fingerprint density at radius 2 is 1.94 bits per heavy atom. The quantitative estimate of drug-likeness (QED) is 0.842. The van der Waals surface area contributed by atoms with Crippen LogP contribution >= 0.6 is 0 Å². The topological polar surface area (TPSA) is 54.3 Å². The Hall–Kier alpha value is -1.29. The fraction of sp³-hybridized carbons (Fsp3) is 0.615. The number of rotatable bonds is 3. The predicted octanol–water partition coefficient (Wildman–Crippen LogP) is 1.85. The van der Waals surface area contributed by atoms with Crippen LogP contribution in [0.25, 0.3) is 0 Å². The van der Waals surface area contributed by atoms with Crippen LogP contribution in [0.4, 0.5) is 0 Å². The van der Waals surface area contributed by atoms with E-state index in [1.807, 2.05) is 20.0 Å². The van der Waals surface area contributed by atoms with E-state index in [-0.39, 0.29) is 11.9 Å². The van der Waals surface area contributed by atoms with Crippen molar-refractivity contribution in [1.29, 1.82) is 0 Å². The lowest BCUT2D eigenvalue weighted by Crippen LogP contribution is -2.41. The number of amides is 1. The fourth-order valence-electron chi connectivity index (χ4n) is 2.38. The number of nitrogens with one attached hydrogen (secondary N) is 2. The van der Waals surface area contributed by atoms with Gasteiger partial charge in [-0.25, -0.2) is 0 Å². The zero-order chi connectivity index (χ0) is 12.3. The summed E-state index contributed by atoms with van der Waals surface area (Å²) in [6.45, 7) is 1.89. The summed E-state index contributed by atoms with van der Waals surface area (Å²) >= 11 is 0. The van der Waals surface area contributed by atoms with E-state index in [1.54, 1.807) is 6.26 Å². The van der Waals surface area contributed by atoms with Crippen molar-refractivity contribution >= 4 is 5.91 Å². The van der Waals surface area contributed by atoms with Gasteiger partial charge < -0.3 is 15.1 Å². The lowest BCUT2D eigenvalue weighted by molar-refractivity contribution is 0.0895. The van der Waals surface area contributed by atoms with Gasteiger partial charge in [0.25, 0.3) is 5.91 Å². The second-order valence-electron chi connectivity index (χ2n) is 4.74. The number of hydrogen-bond donors (Lipinski definition) is 2. The third-order valence-electron chi connectivity index (χ3n) is 3.54. The van der Waals surface area contributed by atoms with Crippen LogP contribution < -0.4 is 10.6 Å². The van der Waals surface area contributed by atoms with Crippen LogP contribution in [0.5, 0.6) is 0 Å². The van der Waals surface area contributed by atoms with Crippen LogP contribution in [-0.2, 0) is 0 Å². The molecule has 0 aromatic carbocycles. The monoisotopic (exact) mass is 236 g/mol. The molecule has 1 amide bonds. The molecule has 1 heterocycles. The fourth-order valence-corrected chi connectivity index (χ4v) is 2.38. The maximum atomic E-state index is 11.9. The molecular formula is C13H20N2O2. The highest BCUT2D eigenvalue weighted by Crippen LogP contribution is 2.19. The molecule has 2 rings (SSSR count). The molecule has 0 unspecified atom stereocenters. The minimum atomic E-state index is -0.0830. The summed E-state index contributed by atoms with van der Waals surface area (Å²) in [4.78, 5) is 11.9. The van der Waals surface area contributed by atoms with Crippen molar-refractivity contribution in [2.24, 2.45) is 0 Å². The lowest BCUT2D eigenvalue weighted by atomic mass is 9.91. The summed E-state index contributed by atoms with van der Waals surface area (Å²) < 4.78 is 5.19. The lowest BCUT2D eigenvalue weighted by Gasteiger charge is -2.28. The molecule has 0 bridgehead atoms. The molecule has 0 atom stereocenters. The summed E-state index contributed by atoms with van der Waals surface area (Å²) in [7, 11) is 2.00. The van der Waals surface area contributed by atoms with Crippen molar-refractivity contribution in [3.8, 4) is 0 Å². The van der Waals surface area contributed by atoms with Crippen molar-refractivity contribution in [2.75, 3.05) is 7.05 Å². The number of carbonyl (C=O) groups excluding carboxylic acids is 1. The molecule has 1 fully saturated rings. The second kappa shape index (κ2) is 5.36. The molecule has 1 aliphatic carbocycles. The van der Waals surface area contributed by atoms with Crippen LogP contribution in [0.3, 0.4) is 0 Å². The Bertz CT molecular complexity index is 379. The molecule has 0 radical (unpaired) electrons. The number of furan rings is 1. The average molecular weight is 236 g/mol. The molecular weight excluding hydrogens is 216 g/mol. The van der Waals surface area contributed by atoms with E-state index in [0.717, 1.165) is 31.2 Å². The molecule has 1 aromatic rings. The summed E-state index contributed by atoms with van der Waals surface area (Å²) in [6.07, 6.45) is 5.88. The molecule has 2 N–H and O–H groups in total. The second-order valence-corrected chi connectivity index (χ2v) is 4.74. The van der Waals surface area contributed by atoms with Gasteiger partial charge in [-0.1, -0.05) is 0 Å². The van der Waals surface area contributed by atoms with Gasteiger partial charge in [-0.3, -0.25) is 4.79 Å². The van der Waals surface area contributed by atoms with Gasteiger partial charge in [-0.2, -0.15) is 0 Å². The molecule has 0 saturated heterocycles. The zero-order valence-electron chi connectivity index (χ0n) is 10.5. The molecule has 0 aliphatic heterocycles. The predicted molar refractivity (Wildman–Crippen MR) is 66.0 cm³/mol. The van der Waals surface area contributed by atoms with Crippen LogP contribution in [0.15, 0.2) is 16.7 Å². The Labute approximate surface area is 102 Å². The van der Waals surface area contributed by atoms with Gasteiger partial charge in [0.05, 0.1) is 6.26 Å². The van der Waals surface area contributed by atoms with Gasteiger partial charge >= 0.3 is 0 Å². The molecule has 94 valence electrons. The van der Waals surface area contributed by atoms with Crippen LogP contribution in [0.1, 0.15) is 41.8 Å². The van der Waals surface area contributed by atoms with Gasteiger partial charge in [-0.15, -0.1) is 0 Å². The molecule has 1 saturated carbocycles. The van der Waals surface area contributed by atoms with E-state index in [2.05, 4.69) is 10.6 Å². The normalized spacial score (nSPS) is 24.6. The molecule has 0 spiro atoms. The number of aryl methyl sites for hydroxylation is 1. The molecule has 4 nitrogen and oxygen atoms in total. The van der Waals surface area contributed by atoms with Crippen molar-refractivity contribution in [2.45, 2.75) is 44.7 Å². The first-order chi connectivity index (χ1) is 8.20. The van der Waals surface area contributed by atoms with Gasteiger partial charge in [-0.05, 0) is 45.7 Å². The van der Waals surface area contributed by atoms with E-state index in [0.29, 0.717) is 11.8 Å². The average Bonchev–Trinajstić information content (AvgIpc) is 2.76. The minimum absolute atomic E-state index is 0.0830. The van der Waals surface area contributed by atoms with E-state index in [9.17, 15) is 4.79 Å². The summed E-state index contributed by atoms with van der Waals surface area (Å²) in [6, 6.07) is 2.71. The largest absolute Gasteiger partial charge is 0.459 e. The van der Waals surface area contributed by atoms with Crippen molar-refractivity contribution in [1.82, 2.24) is 10.6 Å². The standard InChI is InChI=1S/C13H20N2O2/c1-9-7-8-17-12(9)13(16)15-11-5-3-10(14-2)4-6-11/h7-8,10-11,14H,3-6H2,1-2H3,(H,15,16). The van der Waals surface area contributed by atoms with Crippen LogP contribution in [0, 0.1) is 6.92 Å². The Kier molecular flexibility index (Phi) is 3.84. The van der Waals surface area contributed by atoms with E-state index >= 15 is 0 Å². The van der Waals surface area contributed by atoms with Crippen molar-refractivity contribution in [3.63, 3.8) is 0 Å². The maximum absolute atomic E-state index is 11.9. The number of hydrogen-bond acceptors (Lipinski definition) is 3.